The smallest absolute Gasteiger partial charge is 0.236 e. The molecule has 0 saturated heterocycles. The van der Waals surface area contributed by atoms with E-state index in [4.69, 9.17) is 0 Å². The zero-order valence-corrected chi connectivity index (χ0v) is 11.6. The van der Waals surface area contributed by atoms with Crippen LogP contribution in [0.2, 0.25) is 0 Å². The number of anilines is 1. The number of sulfonamides is 1. The van der Waals surface area contributed by atoms with Gasteiger partial charge in [0.05, 0.1) is 29.5 Å². The van der Waals surface area contributed by atoms with Gasteiger partial charge in [0.25, 0.3) is 0 Å². The van der Waals surface area contributed by atoms with Crippen molar-refractivity contribution in [1.29, 1.82) is 0 Å². The summed E-state index contributed by atoms with van der Waals surface area (Å²) >= 11 is 0. The number of H-pyrrole nitrogens is 1. The number of nitrogens with one attached hydrogen (secondary N) is 2. The summed E-state index contributed by atoms with van der Waals surface area (Å²) < 4.78 is 39.4. The van der Waals surface area contributed by atoms with Crippen molar-refractivity contribution >= 4 is 26.9 Å². The summed E-state index contributed by atoms with van der Waals surface area (Å²) in [6.07, 6.45) is 2.87. The van der Waals surface area contributed by atoms with Gasteiger partial charge in [-0.3, -0.25) is 4.72 Å². The van der Waals surface area contributed by atoms with Gasteiger partial charge in [0.15, 0.2) is 5.65 Å². The number of pyridine rings is 1. The minimum absolute atomic E-state index is 0.242. The van der Waals surface area contributed by atoms with Crippen molar-refractivity contribution < 1.29 is 12.8 Å². The molecule has 0 radical (unpaired) electrons. The Morgan fingerprint density at radius 3 is 2.71 bits per heavy atom. The van der Waals surface area contributed by atoms with E-state index in [2.05, 4.69) is 19.7 Å². The second-order valence-electron chi connectivity index (χ2n) is 4.49. The van der Waals surface area contributed by atoms with Crippen molar-refractivity contribution in [2.75, 3.05) is 4.72 Å². The standard InChI is InChI=1S/C13H11FN4O2S/c14-10-3-1-9(2-4-10)7-21(19,20)18-11-5-12-13(15-6-11)17-8-16-12/h1-6,8,18H,7H2,(H,15,16,17). The quantitative estimate of drug-likeness (QED) is 0.772. The van der Waals surface area contributed by atoms with Gasteiger partial charge in [0, 0.05) is 0 Å². The van der Waals surface area contributed by atoms with E-state index in [1.165, 1.54) is 36.8 Å². The number of imidazole rings is 1. The maximum absolute atomic E-state index is 12.8. The normalized spacial score (nSPS) is 11.7. The van der Waals surface area contributed by atoms with E-state index < -0.39 is 15.8 Å². The highest BCUT2D eigenvalue weighted by molar-refractivity contribution is 7.91. The van der Waals surface area contributed by atoms with Gasteiger partial charge in [-0.15, -0.1) is 0 Å². The van der Waals surface area contributed by atoms with E-state index in [0.29, 0.717) is 22.4 Å². The molecule has 0 spiro atoms. The number of rotatable bonds is 4. The first-order valence-electron chi connectivity index (χ1n) is 6.06. The number of nitrogens with zero attached hydrogens (tertiary/aromatic N) is 2. The molecule has 108 valence electrons. The van der Waals surface area contributed by atoms with Crippen LogP contribution in [0, 0.1) is 5.82 Å². The molecule has 0 aliphatic carbocycles. The summed E-state index contributed by atoms with van der Waals surface area (Å²) in [6, 6.07) is 6.93. The van der Waals surface area contributed by atoms with Crippen LogP contribution in [0.25, 0.3) is 11.2 Å². The second-order valence-corrected chi connectivity index (χ2v) is 6.21. The summed E-state index contributed by atoms with van der Waals surface area (Å²) in [7, 11) is -3.60. The lowest BCUT2D eigenvalue weighted by Gasteiger charge is -2.07. The SMILES string of the molecule is O=S(=O)(Cc1ccc(F)cc1)Nc1cnc2nc[nH]c2c1. The molecule has 0 bridgehead atoms. The molecule has 0 amide bonds. The topological polar surface area (TPSA) is 87.7 Å². The third kappa shape index (κ3) is 3.16. The highest BCUT2D eigenvalue weighted by atomic mass is 32.2. The van der Waals surface area contributed by atoms with Gasteiger partial charge >= 0.3 is 0 Å². The summed E-state index contributed by atoms with van der Waals surface area (Å²) in [5.74, 6) is -0.646. The van der Waals surface area contributed by atoms with Gasteiger partial charge < -0.3 is 4.98 Å². The van der Waals surface area contributed by atoms with E-state index in [0.717, 1.165) is 0 Å². The lowest BCUT2D eigenvalue weighted by atomic mass is 10.2. The average molecular weight is 306 g/mol. The molecule has 3 rings (SSSR count). The van der Waals surface area contributed by atoms with E-state index >= 15 is 0 Å². The van der Waals surface area contributed by atoms with Crippen molar-refractivity contribution in [3.05, 3.63) is 54.2 Å². The zero-order valence-electron chi connectivity index (χ0n) is 10.7. The average Bonchev–Trinajstić information content (AvgIpc) is 2.88. The molecule has 2 N–H and O–H groups in total. The van der Waals surface area contributed by atoms with Gasteiger partial charge in [-0.25, -0.2) is 22.8 Å². The Bertz CT molecular complexity index is 875. The fourth-order valence-electron chi connectivity index (χ4n) is 1.90. The lowest BCUT2D eigenvalue weighted by Crippen LogP contribution is -2.15. The number of halogens is 1. The van der Waals surface area contributed by atoms with E-state index in [9.17, 15) is 12.8 Å². The van der Waals surface area contributed by atoms with E-state index in [1.807, 2.05) is 0 Å². The molecule has 3 aromatic rings. The number of fused-ring (bicyclic) bond motifs is 1. The Balaban J connectivity index is 1.80. The van der Waals surface area contributed by atoms with E-state index in [-0.39, 0.29) is 5.75 Å². The van der Waals surface area contributed by atoms with Crippen molar-refractivity contribution in [2.24, 2.45) is 0 Å². The molecule has 2 aromatic heterocycles. The maximum atomic E-state index is 12.8. The van der Waals surface area contributed by atoms with Crippen LogP contribution in [-0.2, 0) is 15.8 Å². The molecule has 0 aliphatic rings. The first-order chi connectivity index (χ1) is 10.0. The second kappa shape index (κ2) is 5.13. The minimum atomic E-state index is -3.60. The molecule has 2 heterocycles. The largest absolute Gasteiger partial charge is 0.343 e. The molecular formula is C13H11FN4O2S. The zero-order chi connectivity index (χ0) is 14.9. The van der Waals surface area contributed by atoms with Crippen LogP contribution in [0.4, 0.5) is 10.1 Å². The summed E-state index contributed by atoms with van der Waals surface area (Å²) in [6.45, 7) is 0. The molecule has 0 atom stereocenters. The highest BCUT2D eigenvalue weighted by Crippen LogP contribution is 2.16. The monoisotopic (exact) mass is 306 g/mol. The molecular weight excluding hydrogens is 295 g/mol. The Labute approximate surface area is 120 Å². The van der Waals surface area contributed by atoms with Gasteiger partial charge in [-0.1, -0.05) is 12.1 Å². The summed E-state index contributed by atoms with van der Waals surface area (Å²) in [4.78, 5) is 10.8. The Hall–Kier alpha value is -2.48. The van der Waals surface area contributed by atoms with Crippen LogP contribution in [0.5, 0.6) is 0 Å². The van der Waals surface area contributed by atoms with Crippen molar-refractivity contribution in [2.45, 2.75) is 5.75 Å². The Morgan fingerprint density at radius 2 is 1.95 bits per heavy atom. The number of hydrogen-bond acceptors (Lipinski definition) is 4. The van der Waals surface area contributed by atoms with Crippen LogP contribution in [0.1, 0.15) is 5.56 Å². The lowest BCUT2D eigenvalue weighted by molar-refractivity contribution is 0.600. The molecule has 0 saturated carbocycles. The number of aromatic nitrogens is 3. The number of aromatic amines is 1. The molecule has 0 fully saturated rings. The van der Waals surface area contributed by atoms with Crippen LogP contribution in [0.15, 0.2) is 42.9 Å². The van der Waals surface area contributed by atoms with Crippen LogP contribution < -0.4 is 4.72 Å². The Morgan fingerprint density at radius 1 is 1.19 bits per heavy atom. The molecule has 0 unspecified atom stereocenters. The maximum Gasteiger partial charge on any atom is 0.236 e. The minimum Gasteiger partial charge on any atom is -0.343 e. The third-order valence-electron chi connectivity index (χ3n) is 2.82. The molecule has 8 heteroatoms. The van der Waals surface area contributed by atoms with E-state index in [1.54, 1.807) is 6.07 Å². The fraction of sp³-hybridized carbons (Fsp3) is 0.0769. The molecule has 0 aliphatic heterocycles. The van der Waals surface area contributed by atoms with Crippen LogP contribution in [-0.4, -0.2) is 23.4 Å². The highest BCUT2D eigenvalue weighted by Gasteiger charge is 2.13. The molecule has 1 aromatic carbocycles. The fourth-order valence-corrected chi connectivity index (χ4v) is 3.08. The number of benzene rings is 1. The van der Waals surface area contributed by atoms with Crippen LogP contribution >= 0.6 is 0 Å². The van der Waals surface area contributed by atoms with Crippen molar-refractivity contribution in [3.63, 3.8) is 0 Å². The van der Waals surface area contributed by atoms with Gasteiger partial charge in [0.1, 0.15) is 5.82 Å². The third-order valence-corrected chi connectivity index (χ3v) is 4.08. The van der Waals surface area contributed by atoms with Gasteiger partial charge in [-0.2, -0.15) is 0 Å². The van der Waals surface area contributed by atoms with Crippen LogP contribution in [0.3, 0.4) is 0 Å². The summed E-state index contributed by atoms with van der Waals surface area (Å²) in [5.41, 5.74) is 1.99. The van der Waals surface area contributed by atoms with Crippen molar-refractivity contribution in [1.82, 2.24) is 15.0 Å². The Kier molecular flexibility index (Phi) is 3.30. The first-order valence-corrected chi connectivity index (χ1v) is 7.71. The first kappa shape index (κ1) is 13.5. The predicted octanol–water partition coefficient (Wildman–Crippen LogP) is 2.04. The number of hydrogen-bond donors (Lipinski definition) is 2. The summed E-state index contributed by atoms with van der Waals surface area (Å²) in [5, 5.41) is 0. The molecule has 21 heavy (non-hydrogen) atoms. The van der Waals surface area contributed by atoms with Gasteiger partial charge in [-0.05, 0) is 23.8 Å². The molecule has 6 nitrogen and oxygen atoms in total. The van der Waals surface area contributed by atoms with Gasteiger partial charge in [0.2, 0.25) is 10.0 Å². The van der Waals surface area contributed by atoms with Crippen molar-refractivity contribution in [3.8, 4) is 0 Å². The predicted molar refractivity (Wildman–Crippen MR) is 76.5 cm³/mol.